The quantitative estimate of drug-likeness (QED) is 0.135. The zero-order valence-electron chi connectivity index (χ0n) is 18.3. The van der Waals surface area contributed by atoms with Crippen LogP contribution in [0.1, 0.15) is 46.4 Å². The molecule has 0 spiro atoms. The Kier molecular flexibility index (Phi) is 15.9. The number of aryl methyl sites for hydroxylation is 1. The zero-order chi connectivity index (χ0) is 20.1. The van der Waals surface area contributed by atoms with Crippen molar-refractivity contribution in [3.05, 3.63) is 5.82 Å². The lowest BCUT2D eigenvalue weighted by molar-refractivity contribution is 0.108. The minimum absolute atomic E-state index is 0. The highest BCUT2D eigenvalue weighted by atomic mass is 127. The molecule has 1 rings (SSSR count). The average Bonchev–Trinajstić information content (AvgIpc) is 3.00. The molecule has 0 aliphatic carbocycles. The number of hydrogen-bond acceptors (Lipinski definition) is 5. The van der Waals surface area contributed by atoms with Crippen LogP contribution < -0.4 is 10.6 Å². The van der Waals surface area contributed by atoms with Gasteiger partial charge in [0.25, 0.3) is 0 Å². The zero-order valence-corrected chi connectivity index (χ0v) is 21.5. The smallest absolute Gasteiger partial charge is 0.190 e. The number of ether oxygens (including phenoxy) is 1. The monoisotopic (exact) mass is 526 g/mol. The molecule has 0 aromatic carbocycles. The summed E-state index contributed by atoms with van der Waals surface area (Å²) in [6.45, 7) is 13.1. The van der Waals surface area contributed by atoms with Gasteiger partial charge in [-0.2, -0.15) is 0 Å². The summed E-state index contributed by atoms with van der Waals surface area (Å²) in [6, 6.07) is 0. The molecule has 1 aromatic rings. The van der Waals surface area contributed by atoms with Gasteiger partial charge in [0.05, 0.1) is 0 Å². The van der Waals surface area contributed by atoms with Gasteiger partial charge in [-0.3, -0.25) is 4.99 Å². The lowest BCUT2D eigenvalue weighted by Crippen LogP contribution is -2.38. The van der Waals surface area contributed by atoms with Crippen LogP contribution >= 0.6 is 35.7 Å². The number of hydrogen-bond donors (Lipinski definition) is 2. The molecule has 164 valence electrons. The third-order valence-electron chi connectivity index (χ3n) is 3.83. The van der Waals surface area contributed by atoms with E-state index in [1.807, 2.05) is 0 Å². The molecular formula is C19H39IN6OS. The third-order valence-corrected chi connectivity index (χ3v) is 4.49. The van der Waals surface area contributed by atoms with Gasteiger partial charge < -0.3 is 19.9 Å². The van der Waals surface area contributed by atoms with Crippen LogP contribution in [0.2, 0.25) is 0 Å². The Morgan fingerprint density at radius 3 is 2.36 bits per heavy atom. The average molecular weight is 527 g/mol. The lowest BCUT2D eigenvalue weighted by atomic mass is 10.2. The summed E-state index contributed by atoms with van der Waals surface area (Å²) in [6.07, 6.45) is 4.93. The van der Waals surface area contributed by atoms with Gasteiger partial charge in [0.2, 0.25) is 0 Å². The SMILES string of the molecule is CN=C(NCCCOCC(C)C)NCCCc1nnc(SC)n1CC(C)C.I. The molecule has 0 unspecified atom stereocenters. The van der Waals surface area contributed by atoms with Gasteiger partial charge in [-0.25, -0.2) is 0 Å². The topological polar surface area (TPSA) is 76.4 Å². The highest BCUT2D eigenvalue weighted by Gasteiger charge is 2.12. The summed E-state index contributed by atoms with van der Waals surface area (Å²) < 4.78 is 7.84. The first kappa shape index (κ1) is 27.5. The largest absolute Gasteiger partial charge is 0.381 e. The van der Waals surface area contributed by atoms with Crippen LogP contribution in [-0.4, -0.2) is 60.3 Å². The van der Waals surface area contributed by atoms with E-state index in [0.29, 0.717) is 11.8 Å². The van der Waals surface area contributed by atoms with Crippen molar-refractivity contribution in [2.45, 2.75) is 58.7 Å². The van der Waals surface area contributed by atoms with Crippen LogP contribution in [0.3, 0.4) is 0 Å². The first-order valence-electron chi connectivity index (χ1n) is 9.96. The molecule has 0 aliphatic rings. The molecule has 0 bridgehead atoms. The molecule has 0 atom stereocenters. The minimum atomic E-state index is 0. The van der Waals surface area contributed by atoms with Crippen molar-refractivity contribution < 1.29 is 4.74 Å². The Hall–Kier alpha value is -0.550. The first-order chi connectivity index (χ1) is 13.0. The van der Waals surface area contributed by atoms with Crippen LogP contribution in [0.25, 0.3) is 0 Å². The minimum Gasteiger partial charge on any atom is -0.381 e. The summed E-state index contributed by atoms with van der Waals surface area (Å²) in [5.41, 5.74) is 0. The Morgan fingerprint density at radius 2 is 1.79 bits per heavy atom. The van der Waals surface area contributed by atoms with Gasteiger partial charge >= 0.3 is 0 Å². The van der Waals surface area contributed by atoms with Gasteiger partial charge in [-0.15, -0.1) is 34.2 Å². The van der Waals surface area contributed by atoms with Crippen LogP contribution in [0.5, 0.6) is 0 Å². The van der Waals surface area contributed by atoms with E-state index >= 15 is 0 Å². The molecule has 0 radical (unpaired) electrons. The second-order valence-corrected chi connectivity index (χ2v) is 8.23. The predicted molar refractivity (Wildman–Crippen MR) is 130 cm³/mol. The fourth-order valence-electron chi connectivity index (χ4n) is 2.58. The number of thioether (sulfide) groups is 1. The normalized spacial score (nSPS) is 11.8. The van der Waals surface area contributed by atoms with Gasteiger partial charge in [-0.05, 0) is 30.9 Å². The maximum atomic E-state index is 5.59. The van der Waals surface area contributed by atoms with E-state index in [-0.39, 0.29) is 24.0 Å². The van der Waals surface area contributed by atoms with Gasteiger partial charge in [-0.1, -0.05) is 39.5 Å². The Balaban J connectivity index is 0.00000729. The summed E-state index contributed by atoms with van der Waals surface area (Å²) >= 11 is 1.66. The van der Waals surface area contributed by atoms with Gasteiger partial charge in [0.15, 0.2) is 11.1 Å². The van der Waals surface area contributed by atoms with Crippen LogP contribution in [0.15, 0.2) is 10.1 Å². The molecule has 0 amide bonds. The van der Waals surface area contributed by atoms with Crippen molar-refractivity contribution in [2.24, 2.45) is 16.8 Å². The summed E-state index contributed by atoms with van der Waals surface area (Å²) in [7, 11) is 1.80. The highest BCUT2D eigenvalue weighted by Crippen LogP contribution is 2.16. The van der Waals surface area contributed by atoms with Crippen molar-refractivity contribution >= 4 is 41.7 Å². The molecule has 0 saturated carbocycles. The maximum Gasteiger partial charge on any atom is 0.190 e. The molecule has 0 fully saturated rings. The van der Waals surface area contributed by atoms with Gasteiger partial charge in [0, 0.05) is 46.3 Å². The Morgan fingerprint density at radius 1 is 1.11 bits per heavy atom. The number of nitrogens with one attached hydrogen (secondary N) is 2. The van der Waals surface area contributed by atoms with Crippen molar-refractivity contribution in [1.29, 1.82) is 0 Å². The summed E-state index contributed by atoms with van der Waals surface area (Å²) in [5, 5.41) is 16.4. The van der Waals surface area contributed by atoms with E-state index < -0.39 is 0 Å². The van der Waals surface area contributed by atoms with Crippen molar-refractivity contribution in [3.63, 3.8) is 0 Å². The highest BCUT2D eigenvalue weighted by molar-refractivity contribution is 14.0. The van der Waals surface area contributed by atoms with Crippen LogP contribution in [-0.2, 0) is 17.7 Å². The number of guanidine groups is 1. The first-order valence-corrected chi connectivity index (χ1v) is 11.2. The van der Waals surface area contributed by atoms with Crippen LogP contribution in [0, 0.1) is 11.8 Å². The fourth-order valence-corrected chi connectivity index (χ4v) is 3.10. The van der Waals surface area contributed by atoms with Crippen molar-refractivity contribution in [1.82, 2.24) is 25.4 Å². The molecule has 0 aliphatic heterocycles. The second-order valence-electron chi connectivity index (χ2n) is 7.46. The Bertz CT molecular complexity index is 551. The summed E-state index contributed by atoms with van der Waals surface area (Å²) in [4.78, 5) is 4.27. The second kappa shape index (κ2) is 16.3. The standard InChI is InChI=1S/C19H38N6OS.HI/c1-15(2)13-25-17(23-24-19(25)27-6)9-7-10-21-18(20-5)22-11-8-12-26-14-16(3)4;/h15-16H,7-14H2,1-6H3,(H2,20,21,22);1H. The van der Waals surface area contributed by atoms with Crippen molar-refractivity contribution in [3.8, 4) is 0 Å². The molecule has 1 heterocycles. The van der Waals surface area contributed by atoms with E-state index in [2.05, 4.69) is 64.3 Å². The number of nitrogens with zero attached hydrogens (tertiary/aromatic N) is 4. The molecule has 0 saturated heterocycles. The van der Waals surface area contributed by atoms with E-state index in [1.165, 1.54) is 0 Å². The predicted octanol–water partition coefficient (Wildman–Crippen LogP) is 3.43. The molecular weight excluding hydrogens is 487 g/mol. The molecule has 9 heteroatoms. The van der Waals surface area contributed by atoms with Crippen LogP contribution in [0.4, 0.5) is 0 Å². The van der Waals surface area contributed by atoms with E-state index in [1.54, 1.807) is 18.8 Å². The molecule has 1 aromatic heterocycles. The molecule has 7 nitrogen and oxygen atoms in total. The summed E-state index contributed by atoms with van der Waals surface area (Å²) in [5.74, 6) is 3.08. The lowest BCUT2D eigenvalue weighted by Gasteiger charge is -2.13. The molecule has 28 heavy (non-hydrogen) atoms. The molecule has 2 N–H and O–H groups in total. The van der Waals surface area contributed by atoms with Crippen molar-refractivity contribution in [2.75, 3.05) is 39.6 Å². The number of aliphatic imine (C=N–C) groups is 1. The van der Waals surface area contributed by atoms with Gasteiger partial charge in [0.1, 0.15) is 5.82 Å². The third kappa shape index (κ3) is 11.5. The fraction of sp³-hybridized carbons (Fsp3) is 0.842. The van der Waals surface area contributed by atoms with E-state index in [9.17, 15) is 0 Å². The van der Waals surface area contributed by atoms with E-state index in [4.69, 9.17) is 4.74 Å². The Labute approximate surface area is 192 Å². The number of rotatable bonds is 13. The number of halogens is 1. The number of aromatic nitrogens is 3. The maximum absolute atomic E-state index is 5.59. The van der Waals surface area contributed by atoms with E-state index in [0.717, 1.165) is 69.1 Å².